The van der Waals surface area contributed by atoms with Crippen LogP contribution in [0.1, 0.15) is 110 Å². The van der Waals surface area contributed by atoms with Crippen molar-refractivity contribution in [3.8, 4) is 0 Å². The van der Waals surface area contributed by atoms with Gasteiger partial charge in [-0.25, -0.2) is 0 Å². The summed E-state index contributed by atoms with van der Waals surface area (Å²) in [5.74, 6) is 0. The van der Waals surface area contributed by atoms with Crippen LogP contribution in [0.25, 0.3) is 0 Å². The molecule has 0 heterocycles. The van der Waals surface area contributed by atoms with E-state index in [1.807, 2.05) is 0 Å². The summed E-state index contributed by atoms with van der Waals surface area (Å²) < 4.78 is 0. The molecule has 0 atom stereocenters. The number of carbonyl (C=O) groups excluding carboxylic acids is 1. The van der Waals surface area contributed by atoms with E-state index in [2.05, 4.69) is 19.9 Å². The smallest absolute Gasteiger partial charge is 0.145 e. The lowest BCUT2D eigenvalue weighted by Crippen LogP contribution is -1.88. The zero-order chi connectivity index (χ0) is 15.6. The van der Waals surface area contributed by atoms with Crippen LogP contribution >= 0.6 is 0 Å². The van der Waals surface area contributed by atoms with Crippen molar-refractivity contribution in [3.05, 3.63) is 11.6 Å². The van der Waals surface area contributed by atoms with Crippen LogP contribution < -0.4 is 0 Å². The molecule has 0 rings (SSSR count). The molecule has 0 aromatic carbocycles. The van der Waals surface area contributed by atoms with Gasteiger partial charge in [-0.3, -0.25) is 4.79 Å². The molecule has 1 heteroatoms. The summed E-state index contributed by atoms with van der Waals surface area (Å²) in [5, 5.41) is 0. The van der Waals surface area contributed by atoms with E-state index in [1.54, 1.807) is 0 Å². The second kappa shape index (κ2) is 17.5. The Morgan fingerprint density at radius 1 is 0.667 bits per heavy atom. The highest BCUT2D eigenvalue weighted by Gasteiger charge is 1.97. The number of carbonyl (C=O) groups is 1. The summed E-state index contributed by atoms with van der Waals surface area (Å²) in [7, 11) is 0. The normalized spacial score (nSPS) is 11.8. The molecule has 0 aliphatic carbocycles. The van der Waals surface area contributed by atoms with Crippen LogP contribution in [-0.2, 0) is 4.79 Å². The second-order valence-corrected chi connectivity index (χ2v) is 6.32. The van der Waals surface area contributed by atoms with E-state index in [4.69, 9.17) is 0 Å². The molecule has 0 unspecified atom stereocenters. The van der Waals surface area contributed by atoms with Gasteiger partial charge < -0.3 is 0 Å². The summed E-state index contributed by atoms with van der Waals surface area (Å²) in [4.78, 5) is 11.0. The fourth-order valence-corrected chi connectivity index (χ4v) is 2.71. The molecule has 0 aromatic rings. The van der Waals surface area contributed by atoms with Crippen molar-refractivity contribution in [2.24, 2.45) is 0 Å². The minimum atomic E-state index is 0.992. The molecule has 124 valence electrons. The average molecular weight is 295 g/mol. The summed E-state index contributed by atoms with van der Waals surface area (Å²) in [5.41, 5.74) is 1.04. The van der Waals surface area contributed by atoms with Crippen molar-refractivity contribution in [3.63, 3.8) is 0 Å². The molecule has 0 amide bonds. The number of rotatable bonds is 16. The molecule has 1 nitrogen and oxygen atoms in total. The van der Waals surface area contributed by atoms with Crippen LogP contribution in [0.4, 0.5) is 0 Å². The molecule has 21 heavy (non-hydrogen) atoms. The van der Waals surface area contributed by atoms with Gasteiger partial charge in [-0.2, -0.15) is 0 Å². The Labute approximate surface area is 133 Å². The minimum absolute atomic E-state index is 0.992. The van der Waals surface area contributed by atoms with Crippen molar-refractivity contribution >= 4 is 6.29 Å². The van der Waals surface area contributed by atoms with Crippen LogP contribution in [-0.4, -0.2) is 6.29 Å². The Bertz CT molecular complexity index is 242. The molecule has 0 aliphatic rings. The Balaban J connectivity index is 3.46. The maximum atomic E-state index is 11.0. The minimum Gasteiger partial charge on any atom is -0.298 e. The van der Waals surface area contributed by atoms with Gasteiger partial charge >= 0.3 is 0 Å². The van der Waals surface area contributed by atoms with Crippen molar-refractivity contribution in [1.29, 1.82) is 0 Å². The molecule has 0 radical (unpaired) electrons. The van der Waals surface area contributed by atoms with E-state index in [0.29, 0.717) is 0 Å². The number of aldehydes is 1. The molecule has 0 fully saturated rings. The van der Waals surface area contributed by atoms with Gasteiger partial charge in [0.1, 0.15) is 6.29 Å². The maximum absolute atomic E-state index is 11.0. The van der Waals surface area contributed by atoms with Gasteiger partial charge in [0, 0.05) is 0 Å². The molecule has 0 bridgehead atoms. The Morgan fingerprint density at radius 3 is 1.67 bits per heavy atom. The highest BCUT2D eigenvalue weighted by molar-refractivity contribution is 5.72. The maximum Gasteiger partial charge on any atom is 0.145 e. The summed E-state index contributed by atoms with van der Waals surface area (Å²) in [6.07, 6.45) is 22.6. The molecule has 0 saturated heterocycles. The zero-order valence-corrected chi connectivity index (χ0v) is 14.7. The van der Waals surface area contributed by atoms with Crippen molar-refractivity contribution in [1.82, 2.24) is 0 Å². The lowest BCUT2D eigenvalue weighted by atomic mass is 10.0. The fraction of sp³-hybridized carbons (Fsp3) is 0.850. The number of hydrogen-bond acceptors (Lipinski definition) is 1. The molecule has 0 aromatic heterocycles. The van der Waals surface area contributed by atoms with Gasteiger partial charge in [-0.05, 0) is 31.3 Å². The third kappa shape index (κ3) is 15.6. The Hall–Kier alpha value is -0.590. The van der Waals surface area contributed by atoms with Crippen LogP contribution in [0, 0.1) is 0 Å². The predicted octanol–water partition coefficient (Wildman–Crippen LogP) is 7.00. The van der Waals surface area contributed by atoms with Crippen LogP contribution in [0.2, 0.25) is 0 Å². The standard InChI is InChI=1S/C20H38O/c1-3-5-7-9-11-12-14-16-18-20(19-21)17-15-13-10-8-6-4-2/h18-19H,3-17H2,1-2H3. The molecule has 0 N–H and O–H groups in total. The third-order valence-electron chi connectivity index (χ3n) is 4.18. The molecule has 0 saturated carbocycles. The lowest BCUT2D eigenvalue weighted by Gasteiger charge is -2.02. The Kier molecular flexibility index (Phi) is 17.0. The van der Waals surface area contributed by atoms with Crippen molar-refractivity contribution in [2.45, 2.75) is 110 Å². The lowest BCUT2D eigenvalue weighted by molar-refractivity contribution is -0.105. The van der Waals surface area contributed by atoms with Gasteiger partial charge in [-0.15, -0.1) is 0 Å². The quantitative estimate of drug-likeness (QED) is 0.170. The number of unbranched alkanes of at least 4 members (excludes halogenated alkanes) is 12. The monoisotopic (exact) mass is 294 g/mol. The van der Waals surface area contributed by atoms with Crippen LogP contribution in [0.3, 0.4) is 0 Å². The highest BCUT2D eigenvalue weighted by Crippen LogP contribution is 2.13. The van der Waals surface area contributed by atoms with E-state index in [1.165, 1.54) is 83.5 Å². The first-order valence-corrected chi connectivity index (χ1v) is 9.49. The first kappa shape index (κ1) is 20.4. The van der Waals surface area contributed by atoms with Crippen molar-refractivity contribution in [2.75, 3.05) is 0 Å². The topological polar surface area (TPSA) is 17.1 Å². The molecular formula is C20H38O. The van der Waals surface area contributed by atoms with Crippen molar-refractivity contribution < 1.29 is 4.79 Å². The molecule has 0 aliphatic heterocycles. The third-order valence-corrected chi connectivity index (χ3v) is 4.18. The molecule has 0 spiro atoms. The summed E-state index contributed by atoms with van der Waals surface area (Å²) >= 11 is 0. The molecular weight excluding hydrogens is 256 g/mol. The fourth-order valence-electron chi connectivity index (χ4n) is 2.71. The van der Waals surface area contributed by atoms with E-state index in [-0.39, 0.29) is 0 Å². The SMILES string of the molecule is CCCCCCCCCC=C(C=O)CCCCCCCC. The second-order valence-electron chi connectivity index (χ2n) is 6.32. The van der Waals surface area contributed by atoms with E-state index >= 15 is 0 Å². The van der Waals surface area contributed by atoms with E-state index in [9.17, 15) is 4.79 Å². The van der Waals surface area contributed by atoms with Crippen LogP contribution in [0.5, 0.6) is 0 Å². The average Bonchev–Trinajstić information content (AvgIpc) is 2.51. The van der Waals surface area contributed by atoms with Gasteiger partial charge in [0.05, 0.1) is 0 Å². The van der Waals surface area contributed by atoms with E-state index < -0.39 is 0 Å². The van der Waals surface area contributed by atoms with Gasteiger partial charge in [0.2, 0.25) is 0 Å². The largest absolute Gasteiger partial charge is 0.298 e. The predicted molar refractivity (Wildman–Crippen MR) is 94.8 cm³/mol. The highest BCUT2D eigenvalue weighted by atomic mass is 16.1. The van der Waals surface area contributed by atoms with Gasteiger partial charge in [0.25, 0.3) is 0 Å². The summed E-state index contributed by atoms with van der Waals surface area (Å²) in [6.45, 7) is 4.51. The first-order valence-electron chi connectivity index (χ1n) is 9.49. The van der Waals surface area contributed by atoms with Crippen LogP contribution in [0.15, 0.2) is 11.6 Å². The van der Waals surface area contributed by atoms with Gasteiger partial charge in [-0.1, -0.05) is 90.6 Å². The first-order chi connectivity index (χ1) is 10.3. The van der Waals surface area contributed by atoms with E-state index in [0.717, 1.165) is 24.7 Å². The number of hydrogen-bond donors (Lipinski definition) is 0. The number of allylic oxidation sites excluding steroid dienone is 2. The zero-order valence-electron chi connectivity index (χ0n) is 14.7. The Morgan fingerprint density at radius 2 is 1.14 bits per heavy atom. The van der Waals surface area contributed by atoms with Gasteiger partial charge in [0.15, 0.2) is 0 Å². The summed E-state index contributed by atoms with van der Waals surface area (Å²) in [6, 6.07) is 0.